The van der Waals surface area contributed by atoms with E-state index in [1.165, 1.54) is 24.8 Å². The van der Waals surface area contributed by atoms with E-state index in [9.17, 15) is 0 Å². The van der Waals surface area contributed by atoms with Crippen LogP contribution in [0.3, 0.4) is 0 Å². The summed E-state index contributed by atoms with van der Waals surface area (Å²) in [5.74, 6) is 6.98. The van der Waals surface area contributed by atoms with E-state index in [0.29, 0.717) is 5.88 Å². The summed E-state index contributed by atoms with van der Waals surface area (Å²) >= 11 is 5.58. The molecule has 0 aliphatic heterocycles. The molecular formula is C15H19Cl. The van der Waals surface area contributed by atoms with E-state index in [4.69, 9.17) is 11.6 Å². The van der Waals surface area contributed by atoms with E-state index in [0.717, 1.165) is 18.4 Å². The first kappa shape index (κ1) is 13.1. The van der Waals surface area contributed by atoms with Gasteiger partial charge in [-0.3, -0.25) is 0 Å². The van der Waals surface area contributed by atoms with Gasteiger partial charge in [0, 0.05) is 17.9 Å². The van der Waals surface area contributed by atoms with Crippen LogP contribution in [0, 0.1) is 11.8 Å². The molecule has 0 nitrogen and oxygen atoms in total. The third-order valence-corrected chi connectivity index (χ3v) is 2.71. The fourth-order valence-corrected chi connectivity index (χ4v) is 1.59. The van der Waals surface area contributed by atoms with Crippen molar-refractivity contribution in [3.05, 3.63) is 35.4 Å². The van der Waals surface area contributed by atoms with Crippen molar-refractivity contribution >= 4 is 11.6 Å². The number of unbranched alkanes of at least 4 members (excludes halogenated alkanes) is 2. The zero-order valence-electron chi connectivity index (χ0n) is 9.93. The highest BCUT2D eigenvalue weighted by atomic mass is 35.5. The smallest absolute Gasteiger partial charge is 0.0245 e. The summed E-state index contributed by atoms with van der Waals surface area (Å²) < 4.78 is 0. The molecule has 0 N–H and O–H groups in total. The van der Waals surface area contributed by atoms with Gasteiger partial charge in [0.05, 0.1) is 0 Å². The van der Waals surface area contributed by atoms with Gasteiger partial charge in [0.2, 0.25) is 0 Å². The second-order valence-electron chi connectivity index (χ2n) is 3.89. The van der Waals surface area contributed by atoms with Crippen molar-refractivity contribution in [2.24, 2.45) is 0 Å². The second-order valence-corrected chi connectivity index (χ2v) is 4.27. The van der Waals surface area contributed by atoms with E-state index < -0.39 is 0 Å². The minimum Gasteiger partial charge on any atom is -0.127 e. The Bertz CT molecular complexity index is 340. The minimum absolute atomic E-state index is 0.699. The highest BCUT2D eigenvalue weighted by Gasteiger charge is 1.92. The lowest BCUT2D eigenvalue weighted by Crippen LogP contribution is -1.84. The molecule has 86 valence electrons. The van der Waals surface area contributed by atoms with Gasteiger partial charge in [0.15, 0.2) is 0 Å². The lowest BCUT2D eigenvalue weighted by Gasteiger charge is -1.99. The molecule has 1 aromatic rings. The highest BCUT2D eigenvalue weighted by Crippen LogP contribution is 2.07. The van der Waals surface area contributed by atoms with Crippen LogP contribution in [-0.4, -0.2) is 5.88 Å². The maximum Gasteiger partial charge on any atom is 0.0245 e. The molecule has 0 aromatic heterocycles. The van der Waals surface area contributed by atoms with E-state index in [-0.39, 0.29) is 0 Å². The van der Waals surface area contributed by atoms with Crippen LogP contribution in [-0.2, 0) is 6.42 Å². The summed E-state index contributed by atoms with van der Waals surface area (Å²) in [5.41, 5.74) is 2.52. The number of halogens is 1. The molecule has 1 rings (SSSR count). The van der Waals surface area contributed by atoms with Crippen LogP contribution in [0.1, 0.15) is 43.7 Å². The number of aryl methyl sites for hydroxylation is 1. The van der Waals surface area contributed by atoms with Crippen LogP contribution < -0.4 is 0 Å². The molecule has 0 unspecified atom stereocenters. The van der Waals surface area contributed by atoms with E-state index in [1.807, 2.05) is 0 Å². The maximum atomic E-state index is 5.58. The first-order valence-corrected chi connectivity index (χ1v) is 6.54. The Morgan fingerprint density at radius 2 is 1.88 bits per heavy atom. The SMILES string of the molecule is CCCCc1ccc(C#CCCCCl)cc1. The van der Waals surface area contributed by atoms with Gasteiger partial charge >= 0.3 is 0 Å². The lowest BCUT2D eigenvalue weighted by molar-refractivity contribution is 0.795. The van der Waals surface area contributed by atoms with Crippen LogP contribution in [0.15, 0.2) is 24.3 Å². The quantitative estimate of drug-likeness (QED) is 0.403. The van der Waals surface area contributed by atoms with Crippen LogP contribution in [0.2, 0.25) is 0 Å². The van der Waals surface area contributed by atoms with Crippen molar-refractivity contribution in [3.8, 4) is 11.8 Å². The number of rotatable bonds is 5. The van der Waals surface area contributed by atoms with Gasteiger partial charge < -0.3 is 0 Å². The van der Waals surface area contributed by atoms with Gasteiger partial charge in [-0.15, -0.1) is 11.6 Å². The Kier molecular flexibility index (Phi) is 6.77. The van der Waals surface area contributed by atoms with Crippen molar-refractivity contribution in [1.29, 1.82) is 0 Å². The molecule has 0 radical (unpaired) electrons. The lowest BCUT2D eigenvalue weighted by atomic mass is 10.1. The van der Waals surface area contributed by atoms with Crippen LogP contribution in [0.25, 0.3) is 0 Å². The number of hydrogen-bond donors (Lipinski definition) is 0. The maximum absolute atomic E-state index is 5.58. The van der Waals surface area contributed by atoms with Crippen LogP contribution >= 0.6 is 11.6 Å². The van der Waals surface area contributed by atoms with E-state index in [1.54, 1.807) is 0 Å². The summed E-state index contributed by atoms with van der Waals surface area (Å²) in [6, 6.07) is 8.58. The second kappa shape index (κ2) is 8.25. The Hall–Kier alpha value is -0.930. The standard InChI is InChI=1S/C15H19Cl/c1-2-3-7-14-9-11-15(12-10-14)8-5-4-6-13-16/h9-12H,2-4,6-7,13H2,1H3. The third-order valence-electron chi connectivity index (χ3n) is 2.44. The molecule has 0 saturated heterocycles. The topological polar surface area (TPSA) is 0 Å². The largest absolute Gasteiger partial charge is 0.127 e. The molecule has 16 heavy (non-hydrogen) atoms. The highest BCUT2D eigenvalue weighted by molar-refractivity contribution is 6.17. The van der Waals surface area contributed by atoms with Crippen molar-refractivity contribution in [3.63, 3.8) is 0 Å². The zero-order chi connectivity index (χ0) is 11.6. The average molecular weight is 235 g/mol. The molecule has 0 atom stereocenters. The summed E-state index contributed by atoms with van der Waals surface area (Å²) in [4.78, 5) is 0. The van der Waals surface area contributed by atoms with E-state index in [2.05, 4.69) is 43.0 Å². The number of hydrogen-bond acceptors (Lipinski definition) is 0. The summed E-state index contributed by atoms with van der Waals surface area (Å²) in [7, 11) is 0. The van der Waals surface area contributed by atoms with Gasteiger partial charge in [-0.25, -0.2) is 0 Å². The molecule has 0 aliphatic carbocycles. The third kappa shape index (κ3) is 5.24. The fourth-order valence-electron chi connectivity index (χ4n) is 1.46. The fraction of sp³-hybridized carbons (Fsp3) is 0.467. The minimum atomic E-state index is 0.699. The molecular weight excluding hydrogens is 216 g/mol. The molecule has 0 spiro atoms. The zero-order valence-corrected chi connectivity index (χ0v) is 10.7. The monoisotopic (exact) mass is 234 g/mol. The van der Waals surface area contributed by atoms with Crippen molar-refractivity contribution < 1.29 is 0 Å². The average Bonchev–Trinajstić information content (AvgIpc) is 2.33. The van der Waals surface area contributed by atoms with Gasteiger partial charge in [0.25, 0.3) is 0 Å². The van der Waals surface area contributed by atoms with Gasteiger partial charge in [-0.1, -0.05) is 37.3 Å². The molecule has 0 aliphatic rings. The van der Waals surface area contributed by atoms with Crippen molar-refractivity contribution in [1.82, 2.24) is 0 Å². The summed E-state index contributed by atoms with van der Waals surface area (Å²) in [6.07, 6.45) is 5.56. The predicted octanol–water partition coefficient (Wildman–Crippen LogP) is 4.40. The van der Waals surface area contributed by atoms with Gasteiger partial charge in [-0.05, 0) is 37.0 Å². The predicted molar refractivity (Wildman–Crippen MR) is 71.9 cm³/mol. The Morgan fingerprint density at radius 3 is 2.50 bits per heavy atom. The Morgan fingerprint density at radius 1 is 1.12 bits per heavy atom. The number of benzene rings is 1. The molecule has 0 saturated carbocycles. The van der Waals surface area contributed by atoms with Crippen LogP contribution in [0.5, 0.6) is 0 Å². The van der Waals surface area contributed by atoms with Crippen molar-refractivity contribution in [2.75, 3.05) is 5.88 Å². The number of alkyl halides is 1. The molecule has 0 amide bonds. The molecule has 0 heterocycles. The van der Waals surface area contributed by atoms with Gasteiger partial charge in [0.1, 0.15) is 0 Å². The first-order chi connectivity index (χ1) is 7.86. The van der Waals surface area contributed by atoms with Gasteiger partial charge in [-0.2, -0.15) is 0 Å². The summed E-state index contributed by atoms with van der Waals surface area (Å²) in [6.45, 7) is 2.22. The molecule has 1 heteroatoms. The normalized spacial score (nSPS) is 9.62. The molecule has 0 bridgehead atoms. The van der Waals surface area contributed by atoms with Crippen molar-refractivity contribution in [2.45, 2.75) is 39.0 Å². The first-order valence-electron chi connectivity index (χ1n) is 6.00. The summed E-state index contributed by atoms with van der Waals surface area (Å²) in [5, 5.41) is 0. The Labute approximate surface area is 104 Å². The molecule has 1 aromatic carbocycles. The van der Waals surface area contributed by atoms with Crippen LogP contribution in [0.4, 0.5) is 0 Å². The van der Waals surface area contributed by atoms with E-state index >= 15 is 0 Å². The Balaban J connectivity index is 2.46. The molecule has 0 fully saturated rings.